The Labute approximate surface area is 187 Å². The first kappa shape index (κ1) is 23.7. The first-order valence-electron chi connectivity index (χ1n) is 10.1. The van der Waals surface area contributed by atoms with Gasteiger partial charge in [-0.3, -0.25) is 14.5 Å². The fourth-order valence-electron chi connectivity index (χ4n) is 3.65. The topological polar surface area (TPSA) is 96.0 Å². The Hall–Kier alpha value is -2.98. The molecule has 3 rings (SSSR count). The SMILES string of the molecule is CCS(=O)(=O)N1CC(=O)N(c2ccc(OC)cc2)[C@](C)(C(=O)NCc2ccc(F)cc2)C1. The first-order valence-corrected chi connectivity index (χ1v) is 11.7. The van der Waals surface area contributed by atoms with Crippen molar-refractivity contribution in [3.63, 3.8) is 0 Å². The smallest absolute Gasteiger partial charge is 0.247 e. The van der Waals surface area contributed by atoms with Crippen LogP contribution in [0.2, 0.25) is 0 Å². The summed E-state index contributed by atoms with van der Waals surface area (Å²) in [6.07, 6.45) is 0. The molecule has 1 fully saturated rings. The lowest BCUT2D eigenvalue weighted by Gasteiger charge is -2.46. The Kier molecular flexibility index (Phi) is 6.85. The largest absolute Gasteiger partial charge is 0.497 e. The van der Waals surface area contributed by atoms with Gasteiger partial charge in [0, 0.05) is 18.8 Å². The first-order chi connectivity index (χ1) is 15.1. The predicted molar refractivity (Wildman–Crippen MR) is 118 cm³/mol. The number of amides is 2. The van der Waals surface area contributed by atoms with Crippen molar-refractivity contribution in [3.05, 3.63) is 59.9 Å². The number of nitrogens with zero attached hydrogens (tertiary/aromatic N) is 2. The maximum Gasteiger partial charge on any atom is 0.247 e. The van der Waals surface area contributed by atoms with Crippen molar-refractivity contribution in [3.8, 4) is 5.75 Å². The molecular weight excluding hydrogens is 437 g/mol. The van der Waals surface area contributed by atoms with Crippen LogP contribution in [-0.4, -0.2) is 56.0 Å². The molecule has 2 amide bonds. The van der Waals surface area contributed by atoms with Gasteiger partial charge in [0.15, 0.2) is 0 Å². The van der Waals surface area contributed by atoms with Crippen LogP contribution in [0, 0.1) is 5.82 Å². The summed E-state index contributed by atoms with van der Waals surface area (Å²) >= 11 is 0. The van der Waals surface area contributed by atoms with Crippen LogP contribution in [0.25, 0.3) is 0 Å². The van der Waals surface area contributed by atoms with Gasteiger partial charge in [0.2, 0.25) is 21.8 Å². The van der Waals surface area contributed by atoms with Crippen LogP contribution in [0.1, 0.15) is 19.4 Å². The van der Waals surface area contributed by atoms with E-state index >= 15 is 0 Å². The zero-order valence-corrected chi connectivity index (χ0v) is 19.0. The number of anilines is 1. The van der Waals surface area contributed by atoms with Gasteiger partial charge in [-0.25, -0.2) is 12.8 Å². The zero-order chi connectivity index (χ0) is 23.5. The molecule has 1 atom stereocenters. The summed E-state index contributed by atoms with van der Waals surface area (Å²) in [5.41, 5.74) is -0.394. The summed E-state index contributed by atoms with van der Waals surface area (Å²) in [7, 11) is -2.19. The highest BCUT2D eigenvalue weighted by Crippen LogP contribution is 2.32. The Morgan fingerprint density at radius 2 is 1.78 bits per heavy atom. The maximum atomic E-state index is 13.3. The van der Waals surface area contributed by atoms with E-state index in [1.807, 2.05) is 0 Å². The van der Waals surface area contributed by atoms with Crippen molar-refractivity contribution < 1.29 is 27.1 Å². The molecular formula is C22H26FN3O5S. The summed E-state index contributed by atoms with van der Waals surface area (Å²) in [6, 6.07) is 12.3. The van der Waals surface area contributed by atoms with Gasteiger partial charge in [-0.15, -0.1) is 0 Å². The highest BCUT2D eigenvalue weighted by atomic mass is 32.2. The van der Waals surface area contributed by atoms with Crippen molar-refractivity contribution in [1.82, 2.24) is 9.62 Å². The minimum absolute atomic E-state index is 0.0971. The van der Waals surface area contributed by atoms with Crippen LogP contribution in [0.5, 0.6) is 5.75 Å². The Morgan fingerprint density at radius 3 is 2.34 bits per heavy atom. The molecule has 0 spiro atoms. The fourth-order valence-corrected chi connectivity index (χ4v) is 4.78. The third-order valence-electron chi connectivity index (χ3n) is 5.48. The third kappa shape index (κ3) is 4.76. The van der Waals surface area contributed by atoms with Crippen molar-refractivity contribution in [2.24, 2.45) is 0 Å². The van der Waals surface area contributed by atoms with Gasteiger partial charge in [-0.1, -0.05) is 12.1 Å². The van der Waals surface area contributed by atoms with Gasteiger partial charge in [-0.2, -0.15) is 4.31 Å². The fraction of sp³-hybridized carbons (Fsp3) is 0.364. The quantitative estimate of drug-likeness (QED) is 0.677. The van der Waals surface area contributed by atoms with Gasteiger partial charge in [0.05, 0.1) is 19.4 Å². The number of hydrogen-bond acceptors (Lipinski definition) is 5. The van der Waals surface area contributed by atoms with E-state index in [-0.39, 0.29) is 25.4 Å². The lowest BCUT2D eigenvalue weighted by Crippen LogP contribution is -2.70. The zero-order valence-electron chi connectivity index (χ0n) is 18.2. The molecule has 2 aromatic carbocycles. The molecule has 172 valence electrons. The summed E-state index contributed by atoms with van der Waals surface area (Å²) < 4.78 is 44.4. The molecule has 8 nitrogen and oxygen atoms in total. The number of rotatable bonds is 7. The molecule has 0 saturated carbocycles. The van der Waals surface area contributed by atoms with Crippen LogP contribution >= 0.6 is 0 Å². The molecule has 1 aliphatic rings. The molecule has 0 radical (unpaired) electrons. The molecule has 32 heavy (non-hydrogen) atoms. The number of piperazine rings is 1. The van der Waals surface area contributed by atoms with Gasteiger partial charge in [0.1, 0.15) is 17.1 Å². The van der Waals surface area contributed by atoms with E-state index in [1.165, 1.54) is 38.0 Å². The molecule has 2 aromatic rings. The van der Waals surface area contributed by atoms with Crippen LogP contribution in [0.15, 0.2) is 48.5 Å². The van der Waals surface area contributed by atoms with E-state index < -0.39 is 33.2 Å². The maximum absolute atomic E-state index is 13.3. The highest BCUT2D eigenvalue weighted by molar-refractivity contribution is 7.89. The average molecular weight is 464 g/mol. The number of hydrogen-bond donors (Lipinski definition) is 1. The third-order valence-corrected chi connectivity index (χ3v) is 7.26. The number of ether oxygens (including phenoxy) is 1. The second kappa shape index (κ2) is 9.25. The summed E-state index contributed by atoms with van der Waals surface area (Å²) in [5.74, 6) is -1.04. The van der Waals surface area contributed by atoms with Gasteiger partial charge in [-0.05, 0) is 55.8 Å². The number of sulfonamides is 1. The normalized spacial score (nSPS) is 19.6. The highest BCUT2D eigenvalue weighted by Gasteiger charge is 2.50. The molecule has 0 unspecified atom stereocenters. The Morgan fingerprint density at radius 1 is 1.16 bits per heavy atom. The molecule has 0 aromatic heterocycles. The molecule has 1 saturated heterocycles. The monoisotopic (exact) mass is 463 g/mol. The summed E-state index contributed by atoms with van der Waals surface area (Å²) in [6.45, 7) is 2.56. The number of methoxy groups -OCH3 is 1. The molecule has 0 aliphatic carbocycles. The van der Waals surface area contributed by atoms with Gasteiger partial charge in [0.25, 0.3) is 0 Å². The molecule has 1 heterocycles. The van der Waals surface area contributed by atoms with E-state index in [9.17, 15) is 22.4 Å². The molecule has 0 bridgehead atoms. The van der Waals surface area contributed by atoms with E-state index in [0.29, 0.717) is 17.0 Å². The Bertz CT molecular complexity index is 1090. The van der Waals surface area contributed by atoms with Crippen LogP contribution < -0.4 is 15.0 Å². The van der Waals surface area contributed by atoms with Crippen molar-refractivity contribution in [1.29, 1.82) is 0 Å². The average Bonchev–Trinajstić information content (AvgIpc) is 2.78. The second-order valence-corrected chi connectivity index (χ2v) is 9.94. The lowest BCUT2D eigenvalue weighted by molar-refractivity contribution is -0.133. The second-order valence-electron chi connectivity index (χ2n) is 7.68. The van der Waals surface area contributed by atoms with E-state index in [4.69, 9.17) is 4.74 Å². The van der Waals surface area contributed by atoms with Crippen molar-refractivity contribution in [2.75, 3.05) is 30.9 Å². The van der Waals surface area contributed by atoms with Crippen LogP contribution in [-0.2, 0) is 26.2 Å². The van der Waals surface area contributed by atoms with Crippen LogP contribution in [0.3, 0.4) is 0 Å². The summed E-state index contributed by atoms with van der Waals surface area (Å²) in [4.78, 5) is 27.8. The standard InChI is InChI=1S/C22H26FN3O5S/c1-4-32(29,30)25-14-20(27)26(18-9-11-19(31-3)12-10-18)22(2,15-25)21(28)24-13-16-5-7-17(23)8-6-16/h5-12H,4,13-15H2,1-3H3,(H,24,28)/t22-/m0/s1. The Balaban J connectivity index is 1.95. The van der Waals surface area contributed by atoms with Crippen LogP contribution in [0.4, 0.5) is 10.1 Å². The lowest BCUT2D eigenvalue weighted by atomic mass is 9.94. The van der Waals surface area contributed by atoms with E-state index in [2.05, 4.69) is 5.32 Å². The molecule has 10 heteroatoms. The number of benzene rings is 2. The van der Waals surface area contributed by atoms with E-state index in [1.54, 1.807) is 36.4 Å². The van der Waals surface area contributed by atoms with Crippen molar-refractivity contribution in [2.45, 2.75) is 25.9 Å². The number of carbonyl (C=O) groups is 2. The number of halogens is 1. The minimum Gasteiger partial charge on any atom is -0.497 e. The van der Waals surface area contributed by atoms with E-state index in [0.717, 1.165) is 4.31 Å². The van der Waals surface area contributed by atoms with Gasteiger partial charge < -0.3 is 10.1 Å². The number of nitrogens with one attached hydrogen (secondary N) is 1. The predicted octanol–water partition coefficient (Wildman–Crippen LogP) is 1.91. The molecule has 1 N–H and O–H groups in total. The number of carbonyl (C=O) groups excluding carboxylic acids is 2. The van der Waals surface area contributed by atoms with Crippen molar-refractivity contribution >= 4 is 27.5 Å². The van der Waals surface area contributed by atoms with Gasteiger partial charge >= 0.3 is 0 Å². The molecule has 1 aliphatic heterocycles. The minimum atomic E-state index is -3.70. The summed E-state index contributed by atoms with van der Waals surface area (Å²) in [5, 5.41) is 2.76.